The highest BCUT2D eigenvalue weighted by Crippen LogP contribution is 2.22. The molecule has 4 heteroatoms. The molecule has 0 aliphatic carbocycles. The van der Waals surface area contributed by atoms with Gasteiger partial charge in [-0.3, -0.25) is 0 Å². The van der Waals surface area contributed by atoms with Crippen molar-refractivity contribution in [3.63, 3.8) is 0 Å². The van der Waals surface area contributed by atoms with Crippen LogP contribution in [-0.4, -0.2) is 16.5 Å². The number of hydrogen-bond acceptors (Lipinski definition) is 3. The van der Waals surface area contributed by atoms with Crippen LogP contribution < -0.4 is 5.32 Å². The van der Waals surface area contributed by atoms with Crippen molar-refractivity contribution >= 4 is 0 Å². The molecule has 1 aromatic carbocycles. The highest BCUT2D eigenvalue weighted by Gasteiger charge is 2.17. The van der Waals surface area contributed by atoms with E-state index >= 15 is 0 Å². The van der Waals surface area contributed by atoms with Crippen molar-refractivity contribution in [3.05, 3.63) is 59.4 Å². The Morgan fingerprint density at radius 2 is 2.00 bits per heavy atom. The van der Waals surface area contributed by atoms with E-state index in [1.807, 2.05) is 13.8 Å². The van der Waals surface area contributed by atoms with Crippen molar-refractivity contribution in [1.29, 1.82) is 0 Å². The summed E-state index contributed by atoms with van der Waals surface area (Å²) in [5, 5.41) is 3.33. The van der Waals surface area contributed by atoms with Crippen molar-refractivity contribution in [1.82, 2.24) is 15.3 Å². The maximum absolute atomic E-state index is 13.1. The van der Waals surface area contributed by atoms with Gasteiger partial charge in [-0.25, -0.2) is 14.4 Å². The Morgan fingerprint density at radius 3 is 2.61 bits per heavy atom. The number of rotatable bonds is 4. The van der Waals surface area contributed by atoms with Gasteiger partial charge in [-0.1, -0.05) is 13.0 Å². The van der Waals surface area contributed by atoms with E-state index < -0.39 is 0 Å². The molecule has 1 N–H and O–H groups in total. The molecule has 1 heterocycles. The Morgan fingerprint density at radius 1 is 1.28 bits per heavy atom. The third-order valence-corrected chi connectivity index (χ3v) is 2.80. The fraction of sp³-hybridized carbons (Fsp3) is 0.286. The minimum Gasteiger partial charge on any atom is -0.304 e. The minimum absolute atomic E-state index is 0.100. The van der Waals surface area contributed by atoms with Crippen molar-refractivity contribution in [2.75, 3.05) is 6.54 Å². The fourth-order valence-electron chi connectivity index (χ4n) is 1.97. The lowest BCUT2D eigenvalue weighted by molar-refractivity contribution is 0.588. The number of aromatic nitrogens is 2. The van der Waals surface area contributed by atoms with E-state index in [0.29, 0.717) is 5.82 Å². The van der Waals surface area contributed by atoms with Crippen molar-refractivity contribution in [3.8, 4) is 0 Å². The van der Waals surface area contributed by atoms with E-state index in [2.05, 4.69) is 15.3 Å². The van der Waals surface area contributed by atoms with Gasteiger partial charge in [0.1, 0.15) is 11.6 Å². The van der Waals surface area contributed by atoms with Gasteiger partial charge in [-0.2, -0.15) is 0 Å². The van der Waals surface area contributed by atoms with Crippen LogP contribution in [-0.2, 0) is 0 Å². The Balaban J connectivity index is 2.41. The molecule has 0 amide bonds. The van der Waals surface area contributed by atoms with Gasteiger partial charge in [0.15, 0.2) is 0 Å². The van der Waals surface area contributed by atoms with Crippen molar-refractivity contribution < 1.29 is 4.39 Å². The van der Waals surface area contributed by atoms with Gasteiger partial charge in [-0.15, -0.1) is 0 Å². The van der Waals surface area contributed by atoms with E-state index in [4.69, 9.17) is 0 Å². The summed E-state index contributed by atoms with van der Waals surface area (Å²) in [5.41, 5.74) is 1.90. The maximum Gasteiger partial charge on any atom is 0.149 e. The molecular formula is C14H16FN3. The van der Waals surface area contributed by atoms with E-state index in [-0.39, 0.29) is 11.9 Å². The van der Waals surface area contributed by atoms with E-state index in [0.717, 1.165) is 17.7 Å². The molecule has 1 unspecified atom stereocenters. The van der Waals surface area contributed by atoms with Crippen LogP contribution in [0.25, 0.3) is 0 Å². The van der Waals surface area contributed by atoms with Crippen LogP contribution >= 0.6 is 0 Å². The predicted octanol–water partition coefficient (Wildman–Crippen LogP) is 2.62. The third kappa shape index (κ3) is 2.71. The summed E-state index contributed by atoms with van der Waals surface area (Å²) in [6, 6.07) is 6.47. The van der Waals surface area contributed by atoms with Crippen LogP contribution in [0.1, 0.15) is 29.9 Å². The number of nitrogens with zero attached hydrogens (tertiary/aromatic N) is 2. The zero-order valence-electron chi connectivity index (χ0n) is 10.5. The van der Waals surface area contributed by atoms with E-state index in [1.54, 1.807) is 24.5 Å². The first-order chi connectivity index (χ1) is 8.72. The molecule has 2 aromatic rings. The molecule has 1 atom stereocenters. The van der Waals surface area contributed by atoms with Crippen LogP contribution in [0.3, 0.4) is 0 Å². The molecule has 0 aliphatic rings. The molecule has 0 radical (unpaired) electrons. The van der Waals surface area contributed by atoms with Crippen molar-refractivity contribution in [2.45, 2.75) is 19.9 Å². The SMILES string of the molecule is CCNC(c1ncccn1)c1ccc(F)cc1C. The number of aryl methyl sites for hydroxylation is 1. The van der Waals surface area contributed by atoms with Crippen LogP contribution in [0.4, 0.5) is 4.39 Å². The van der Waals surface area contributed by atoms with Crippen molar-refractivity contribution in [2.24, 2.45) is 0 Å². The summed E-state index contributed by atoms with van der Waals surface area (Å²) in [6.07, 6.45) is 3.43. The van der Waals surface area contributed by atoms with Gasteiger partial charge in [0.05, 0.1) is 6.04 Å². The second-order valence-electron chi connectivity index (χ2n) is 4.10. The smallest absolute Gasteiger partial charge is 0.149 e. The molecule has 0 spiro atoms. The summed E-state index contributed by atoms with van der Waals surface area (Å²) in [5.74, 6) is 0.481. The number of nitrogens with one attached hydrogen (secondary N) is 1. The van der Waals surface area contributed by atoms with Gasteiger partial charge in [0, 0.05) is 12.4 Å². The Kier molecular flexibility index (Phi) is 3.99. The van der Waals surface area contributed by atoms with E-state index in [1.165, 1.54) is 12.1 Å². The molecule has 0 saturated heterocycles. The largest absolute Gasteiger partial charge is 0.304 e. The molecule has 2 rings (SSSR count). The lowest BCUT2D eigenvalue weighted by Crippen LogP contribution is -2.24. The number of hydrogen-bond donors (Lipinski definition) is 1. The zero-order valence-corrected chi connectivity index (χ0v) is 10.5. The van der Waals surface area contributed by atoms with Crippen LogP contribution in [0.2, 0.25) is 0 Å². The predicted molar refractivity (Wildman–Crippen MR) is 68.7 cm³/mol. The Bertz CT molecular complexity index is 514. The van der Waals surface area contributed by atoms with Gasteiger partial charge in [0.25, 0.3) is 0 Å². The van der Waals surface area contributed by atoms with Crippen LogP contribution in [0, 0.1) is 12.7 Å². The molecule has 94 valence electrons. The minimum atomic E-state index is -0.222. The third-order valence-electron chi connectivity index (χ3n) is 2.80. The summed E-state index contributed by atoms with van der Waals surface area (Å²) < 4.78 is 13.1. The Hall–Kier alpha value is -1.81. The Labute approximate surface area is 106 Å². The first kappa shape index (κ1) is 12.6. The summed E-state index contributed by atoms with van der Waals surface area (Å²) in [4.78, 5) is 8.54. The standard InChI is InChI=1S/C14H16FN3/c1-3-16-13(14-17-7-4-8-18-14)12-6-5-11(15)9-10(12)2/h4-9,13,16H,3H2,1-2H3. The fourth-order valence-corrected chi connectivity index (χ4v) is 1.97. The molecule has 0 fully saturated rings. The van der Waals surface area contributed by atoms with Gasteiger partial charge in [-0.05, 0) is 42.8 Å². The molecule has 18 heavy (non-hydrogen) atoms. The lowest BCUT2D eigenvalue weighted by Gasteiger charge is -2.18. The van der Waals surface area contributed by atoms with E-state index in [9.17, 15) is 4.39 Å². The molecule has 1 aromatic heterocycles. The molecule has 0 aliphatic heterocycles. The molecular weight excluding hydrogens is 229 g/mol. The topological polar surface area (TPSA) is 37.8 Å². The average molecular weight is 245 g/mol. The lowest BCUT2D eigenvalue weighted by atomic mass is 10.0. The summed E-state index contributed by atoms with van der Waals surface area (Å²) in [7, 11) is 0. The number of halogens is 1. The zero-order chi connectivity index (χ0) is 13.0. The summed E-state index contributed by atoms with van der Waals surface area (Å²) >= 11 is 0. The van der Waals surface area contributed by atoms with Gasteiger partial charge < -0.3 is 5.32 Å². The highest BCUT2D eigenvalue weighted by molar-refractivity contribution is 5.33. The number of benzene rings is 1. The molecule has 3 nitrogen and oxygen atoms in total. The normalized spacial score (nSPS) is 12.4. The monoisotopic (exact) mass is 245 g/mol. The quantitative estimate of drug-likeness (QED) is 0.899. The van der Waals surface area contributed by atoms with Gasteiger partial charge >= 0.3 is 0 Å². The first-order valence-corrected chi connectivity index (χ1v) is 5.98. The average Bonchev–Trinajstić information content (AvgIpc) is 2.38. The first-order valence-electron chi connectivity index (χ1n) is 5.98. The maximum atomic E-state index is 13.1. The summed E-state index contributed by atoms with van der Waals surface area (Å²) in [6.45, 7) is 4.71. The highest BCUT2D eigenvalue weighted by atomic mass is 19.1. The van der Waals surface area contributed by atoms with Crippen LogP contribution in [0.15, 0.2) is 36.7 Å². The second-order valence-corrected chi connectivity index (χ2v) is 4.10. The molecule has 0 bridgehead atoms. The second kappa shape index (κ2) is 5.69. The van der Waals surface area contributed by atoms with Crippen LogP contribution in [0.5, 0.6) is 0 Å². The molecule has 0 saturated carbocycles. The van der Waals surface area contributed by atoms with Gasteiger partial charge in [0.2, 0.25) is 0 Å².